The second-order valence-electron chi connectivity index (χ2n) is 4.79. The van der Waals surface area contributed by atoms with E-state index in [2.05, 4.69) is 22.4 Å². The third-order valence-corrected chi connectivity index (χ3v) is 3.71. The molecule has 1 saturated carbocycles. The van der Waals surface area contributed by atoms with Gasteiger partial charge in [-0.1, -0.05) is 36.8 Å². The van der Waals surface area contributed by atoms with Gasteiger partial charge in [-0.15, -0.1) is 0 Å². The number of hydrogen-bond donors (Lipinski definition) is 1. The van der Waals surface area contributed by atoms with E-state index in [1.165, 1.54) is 18.4 Å². The van der Waals surface area contributed by atoms with Crippen LogP contribution in [-0.4, -0.2) is 11.7 Å². The number of aliphatic imine (C=N–C) groups is 1. The highest BCUT2D eigenvalue weighted by Gasteiger charge is 2.34. The van der Waals surface area contributed by atoms with Gasteiger partial charge >= 0.3 is 6.03 Å². The van der Waals surface area contributed by atoms with Gasteiger partial charge in [0, 0.05) is 11.6 Å². The summed E-state index contributed by atoms with van der Waals surface area (Å²) in [6.07, 6.45) is 4.53. The molecular weight excluding hydrogens is 212 g/mol. The molecule has 1 N–H and O–H groups in total. The number of rotatable bonds is 1. The van der Waals surface area contributed by atoms with Gasteiger partial charge in [0.1, 0.15) is 0 Å². The van der Waals surface area contributed by atoms with Crippen LogP contribution in [0.2, 0.25) is 0 Å². The molecule has 2 atom stereocenters. The number of amides is 2. The molecule has 2 amide bonds. The van der Waals surface area contributed by atoms with E-state index in [9.17, 15) is 4.79 Å². The Morgan fingerprint density at radius 3 is 2.82 bits per heavy atom. The average Bonchev–Trinajstić information content (AvgIpc) is 2.39. The van der Waals surface area contributed by atoms with E-state index in [0.717, 1.165) is 18.6 Å². The van der Waals surface area contributed by atoms with Gasteiger partial charge in [0.25, 0.3) is 0 Å². The fourth-order valence-electron chi connectivity index (χ4n) is 2.89. The summed E-state index contributed by atoms with van der Waals surface area (Å²) in [5.41, 5.74) is 2.30. The molecule has 1 aromatic rings. The molecule has 0 aromatic heterocycles. The number of nitrogens with zero attached hydrogens (tertiary/aromatic N) is 1. The Labute approximate surface area is 101 Å². The normalized spacial score (nSPS) is 28.0. The molecule has 1 fully saturated rings. The van der Waals surface area contributed by atoms with Crippen LogP contribution in [0, 0.1) is 5.92 Å². The molecule has 3 rings (SSSR count). The minimum absolute atomic E-state index is 0.122. The summed E-state index contributed by atoms with van der Waals surface area (Å²) in [6, 6.07) is 10.2. The highest BCUT2D eigenvalue weighted by molar-refractivity contribution is 5.99. The van der Waals surface area contributed by atoms with Crippen LogP contribution in [0.1, 0.15) is 37.3 Å². The second kappa shape index (κ2) is 4.32. The molecule has 0 radical (unpaired) electrons. The zero-order valence-electron chi connectivity index (χ0n) is 9.73. The predicted octanol–water partition coefficient (Wildman–Crippen LogP) is 3.08. The van der Waals surface area contributed by atoms with Gasteiger partial charge in [0.05, 0.1) is 6.04 Å². The van der Waals surface area contributed by atoms with Crippen molar-refractivity contribution in [2.75, 3.05) is 0 Å². The standard InChI is InChI=1S/C14H16N2O/c17-14-15-12-9-5-4-8-11(12)13(16-14)10-6-2-1-3-7-10/h1-3,6-7,11,13H,4-5,8-9H2,(H,16,17). The summed E-state index contributed by atoms with van der Waals surface area (Å²) in [4.78, 5) is 15.7. The first-order valence-corrected chi connectivity index (χ1v) is 6.27. The maximum atomic E-state index is 11.6. The third kappa shape index (κ3) is 1.97. The Kier molecular flexibility index (Phi) is 2.67. The lowest BCUT2D eigenvalue weighted by Gasteiger charge is -2.35. The first-order valence-electron chi connectivity index (χ1n) is 6.27. The van der Waals surface area contributed by atoms with Crippen molar-refractivity contribution in [1.82, 2.24) is 5.32 Å². The highest BCUT2D eigenvalue weighted by atomic mass is 16.2. The molecule has 1 heterocycles. The summed E-state index contributed by atoms with van der Waals surface area (Å²) in [7, 11) is 0. The van der Waals surface area contributed by atoms with Gasteiger partial charge in [-0.3, -0.25) is 0 Å². The Bertz CT molecular complexity index is 453. The van der Waals surface area contributed by atoms with Crippen molar-refractivity contribution in [3.63, 3.8) is 0 Å². The Morgan fingerprint density at radius 2 is 2.00 bits per heavy atom. The Balaban J connectivity index is 1.95. The van der Waals surface area contributed by atoms with E-state index in [-0.39, 0.29) is 12.1 Å². The van der Waals surface area contributed by atoms with Crippen LogP contribution in [-0.2, 0) is 0 Å². The third-order valence-electron chi connectivity index (χ3n) is 3.71. The van der Waals surface area contributed by atoms with Crippen molar-refractivity contribution in [3.8, 4) is 0 Å². The van der Waals surface area contributed by atoms with Crippen molar-refractivity contribution in [2.45, 2.75) is 31.7 Å². The molecule has 2 aliphatic rings. The number of carbonyl (C=O) groups excluding carboxylic acids is 1. The van der Waals surface area contributed by atoms with E-state index in [4.69, 9.17) is 0 Å². The minimum Gasteiger partial charge on any atom is -0.329 e. The van der Waals surface area contributed by atoms with Crippen LogP contribution in [0.15, 0.2) is 35.3 Å². The van der Waals surface area contributed by atoms with Crippen LogP contribution < -0.4 is 5.32 Å². The smallest absolute Gasteiger partial charge is 0.329 e. The molecule has 17 heavy (non-hydrogen) atoms. The molecule has 0 bridgehead atoms. The number of carbonyl (C=O) groups is 1. The first-order chi connectivity index (χ1) is 8.34. The van der Waals surface area contributed by atoms with E-state index < -0.39 is 0 Å². The minimum atomic E-state index is -0.174. The fourth-order valence-corrected chi connectivity index (χ4v) is 2.89. The van der Waals surface area contributed by atoms with E-state index >= 15 is 0 Å². The van der Waals surface area contributed by atoms with Crippen molar-refractivity contribution >= 4 is 11.7 Å². The van der Waals surface area contributed by atoms with Gasteiger partial charge in [-0.2, -0.15) is 0 Å². The summed E-state index contributed by atoms with van der Waals surface area (Å²) in [6.45, 7) is 0. The zero-order valence-corrected chi connectivity index (χ0v) is 9.73. The molecule has 1 aromatic carbocycles. The van der Waals surface area contributed by atoms with Gasteiger partial charge in [-0.05, 0) is 24.8 Å². The average molecular weight is 228 g/mol. The molecule has 2 unspecified atom stereocenters. The number of urea groups is 1. The summed E-state index contributed by atoms with van der Waals surface area (Å²) < 4.78 is 0. The maximum Gasteiger partial charge on any atom is 0.341 e. The van der Waals surface area contributed by atoms with Crippen molar-refractivity contribution in [3.05, 3.63) is 35.9 Å². The van der Waals surface area contributed by atoms with Gasteiger partial charge < -0.3 is 5.32 Å². The molecular formula is C14H16N2O. The van der Waals surface area contributed by atoms with Crippen molar-refractivity contribution in [1.29, 1.82) is 0 Å². The largest absolute Gasteiger partial charge is 0.341 e. The van der Waals surface area contributed by atoms with E-state index in [1.807, 2.05) is 18.2 Å². The number of hydrogen-bond acceptors (Lipinski definition) is 1. The number of nitrogens with one attached hydrogen (secondary N) is 1. The van der Waals surface area contributed by atoms with Crippen molar-refractivity contribution < 1.29 is 4.79 Å². The molecule has 0 saturated heterocycles. The van der Waals surface area contributed by atoms with Crippen LogP contribution >= 0.6 is 0 Å². The van der Waals surface area contributed by atoms with Gasteiger partial charge in [0.15, 0.2) is 0 Å². The van der Waals surface area contributed by atoms with E-state index in [0.29, 0.717) is 5.92 Å². The lowest BCUT2D eigenvalue weighted by Crippen LogP contribution is -2.42. The van der Waals surface area contributed by atoms with Crippen LogP contribution in [0.25, 0.3) is 0 Å². The monoisotopic (exact) mass is 228 g/mol. The van der Waals surface area contributed by atoms with Gasteiger partial charge in [0.2, 0.25) is 0 Å². The predicted molar refractivity (Wildman–Crippen MR) is 67.1 cm³/mol. The fraction of sp³-hybridized carbons (Fsp3) is 0.429. The first kappa shape index (κ1) is 10.5. The number of benzene rings is 1. The SMILES string of the molecule is O=C1N=C2CCCCC2C(c2ccccc2)N1. The zero-order chi connectivity index (χ0) is 11.7. The molecule has 3 heteroatoms. The van der Waals surface area contributed by atoms with Crippen LogP contribution in [0.3, 0.4) is 0 Å². The number of fused-ring (bicyclic) bond motifs is 1. The molecule has 0 spiro atoms. The van der Waals surface area contributed by atoms with E-state index in [1.54, 1.807) is 0 Å². The summed E-state index contributed by atoms with van der Waals surface area (Å²) in [5.74, 6) is 0.406. The molecule has 1 aliphatic heterocycles. The van der Waals surface area contributed by atoms with Crippen LogP contribution in [0.5, 0.6) is 0 Å². The highest BCUT2D eigenvalue weighted by Crippen LogP contribution is 2.35. The lowest BCUT2D eigenvalue weighted by molar-refractivity contribution is 0.237. The lowest BCUT2D eigenvalue weighted by atomic mass is 9.78. The Morgan fingerprint density at radius 1 is 1.18 bits per heavy atom. The molecule has 1 aliphatic carbocycles. The molecule has 3 nitrogen and oxygen atoms in total. The summed E-state index contributed by atoms with van der Waals surface area (Å²) in [5, 5.41) is 3.01. The quantitative estimate of drug-likeness (QED) is 0.788. The Hall–Kier alpha value is -1.64. The summed E-state index contributed by atoms with van der Waals surface area (Å²) >= 11 is 0. The maximum absolute atomic E-state index is 11.6. The van der Waals surface area contributed by atoms with Gasteiger partial charge in [-0.25, -0.2) is 9.79 Å². The second-order valence-corrected chi connectivity index (χ2v) is 4.79. The molecule has 88 valence electrons. The van der Waals surface area contributed by atoms with Crippen LogP contribution in [0.4, 0.5) is 4.79 Å². The van der Waals surface area contributed by atoms with Crippen molar-refractivity contribution in [2.24, 2.45) is 10.9 Å². The topological polar surface area (TPSA) is 41.5 Å².